The number of hydrogen-bond acceptors (Lipinski definition) is 7. The van der Waals surface area contributed by atoms with Gasteiger partial charge in [0.05, 0.1) is 12.4 Å². The SMILES string of the molecule is Nc1ncnc2c1ncn2[C@H]1C[C@@H]2[C@@H](COC(=O)N2Cc2ccccc2)O1. The molecule has 2 fully saturated rings. The smallest absolute Gasteiger partial charge is 0.410 e. The van der Waals surface area contributed by atoms with Crippen LogP contribution in [0.15, 0.2) is 43.0 Å². The van der Waals surface area contributed by atoms with Gasteiger partial charge in [0.2, 0.25) is 0 Å². The zero-order valence-corrected chi connectivity index (χ0v) is 14.4. The van der Waals surface area contributed by atoms with Crippen LogP contribution >= 0.6 is 0 Å². The number of rotatable bonds is 3. The van der Waals surface area contributed by atoms with Crippen LogP contribution in [0.1, 0.15) is 18.2 Å². The number of carbonyl (C=O) groups excluding carboxylic acids is 1. The predicted molar refractivity (Wildman–Crippen MR) is 95.4 cm³/mol. The van der Waals surface area contributed by atoms with E-state index in [4.69, 9.17) is 15.2 Å². The highest BCUT2D eigenvalue weighted by Crippen LogP contribution is 2.37. The Hall–Kier alpha value is -3.20. The van der Waals surface area contributed by atoms with Gasteiger partial charge in [-0.2, -0.15) is 0 Å². The van der Waals surface area contributed by atoms with Crippen molar-refractivity contribution in [2.45, 2.75) is 31.3 Å². The van der Waals surface area contributed by atoms with Crippen LogP contribution in [0, 0.1) is 0 Å². The Morgan fingerprint density at radius 1 is 1.19 bits per heavy atom. The number of nitrogens with zero attached hydrogens (tertiary/aromatic N) is 5. The summed E-state index contributed by atoms with van der Waals surface area (Å²) in [5.74, 6) is 0.332. The molecule has 1 amide bonds. The molecule has 0 unspecified atom stereocenters. The third kappa shape index (κ3) is 2.67. The van der Waals surface area contributed by atoms with Gasteiger partial charge in [-0.1, -0.05) is 30.3 Å². The van der Waals surface area contributed by atoms with Crippen LogP contribution in [0.2, 0.25) is 0 Å². The topological polar surface area (TPSA) is 108 Å². The Bertz CT molecular complexity index is 991. The zero-order chi connectivity index (χ0) is 18.4. The molecule has 27 heavy (non-hydrogen) atoms. The Morgan fingerprint density at radius 3 is 2.89 bits per heavy atom. The maximum absolute atomic E-state index is 12.4. The average molecular weight is 366 g/mol. The van der Waals surface area contributed by atoms with E-state index in [1.165, 1.54) is 6.33 Å². The Morgan fingerprint density at radius 2 is 2.04 bits per heavy atom. The van der Waals surface area contributed by atoms with Gasteiger partial charge in [-0.15, -0.1) is 0 Å². The molecular weight excluding hydrogens is 348 g/mol. The average Bonchev–Trinajstić information content (AvgIpc) is 3.30. The quantitative estimate of drug-likeness (QED) is 0.752. The third-order valence-electron chi connectivity index (χ3n) is 5.10. The number of imidazole rings is 1. The first-order valence-corrected chi connectivity index (χ1v) is 8.76. The molecule has 0 radical (unpaired) electrons. The molecule has 0 aliphatic carbocycles. The van der Waals surface area contributed by atoms with Crippen molar-refractivity contribution in [2.24, 2.45) is 0 Å². The van der Waals surface area contributed by atoms with Crippen LogP contribution in [0.4, 0.5) is 10.6 Å². The normalized spacial score (nSPS) is 24.8. The second-order valence-electron chi connectivity index (χ2n) is 6.71. The maximum Gasteiger partial charge on any atom is 0.410 e. The summed E-state index contributed by atoms with van der Waals surface area (Å²) in [4.78, 5) is 26.7. The third-order valence-corrected chi connectivity index (χ3v) is 5.10. The summed E-state index contributed by atoms with van der Waals surface area (Å²) in [7, 11) is 0. The lowest BCUT2D eigenvalue weighted by Gasteiger charge is -2.35. The van der Waals surface area contributed by atoms with Crippen LogP contribution in [-0.2, 0) is 16.0 Å². The minimum Gasteiger partial charge on any atom is -0.447 e. The summed E-state index contributed by atoms with van der Waals surface area (Å²) < 4.78 is 13.4. The lowest BCUT2D eigenvalue weighted by molar-refractivity contribution is -0.0645. The molecule has 2 N–H and O–H groups in total. The molecule has 138 valence electrons. The van der Waals surface area contributed by atoms with Gasteiger partial charge in [-0.05, 0) is 5.56 Å². The second-order valence-corrected chi connectivity index (χ2v) is 6.71. The van der Waals surface area contributed by atoms with Crippen LogP contribution < -0.4 is 5.73 Å². The number of benzene rings is 1. The minimum absolute atomic E-state index is 0.0758. The van der Waals surface area contributed by atoms with Gasteiger partial charge in [0.1, 0.15) is 30.8 Å². The van der Waals surface area contributed by atoms with Crippen molar-refractivity contribution in [1.29, 1.82) is 0 Å². The van der Waals surface area contributed by atoms with E-state index in [1.54, 1.807) is 11.2 Å². The molecule has 0 saturated carbocycles. The fraction of sp³-hybridized carbons (Fsp3) is 0.333. The summed E-state index contributed by atoms with van der Waals surface area (Å²) in [6, 6.07) is 9.77. The lowest BCUT2D eigenvalue weighted by atomic mass is 10.1. The molecule has 9 heteroatoms. The molecule has 5 rings (SSSR count). The minimum atomic E-state index is -0.314. The van der Waals surface area contributed by atoms with Crippen LogP contribution in [-0.4, -0.2) is 49.3 Å². The molecule has 2 aromatic heterocycles. The summed E-state index contributed by atoms with van der Waals surface area (Å²) >= 11 is 0. The van der Waals surface area contributed by atoms with Crippen molar-refractivity contribution in [1.82, 2.24) is 24.4 Å². The highest BCUT2D eigenvalue weighted by Gasteiger charge is 2.46. The molecule has 3 atom stereocenters. The van der Waals surface area contributed by atoms with E-state index in [2.05, 4.69) is 15.0 Å². The lowest BCUT2D eigenvalue weighted by Crippen LogP contribution is -2.51. The monoisotopic (exact) mass is 366 g/mol. The molecule has 2 saturated heterocycles. The van der Waals surface area contributed by atoms with Crippen molar-refractivity contribution >= 4 is 23.1 Å². The highest BCUT2D eigenvalue weighted by molar-refractivity contribution is 5.81. The number of amides is 1. The van der Waals surface area contributed by atoms with Crippen LogP contribution in [0.25, 0.3) is 11.2 Å². The van der Waals surface area contributed by atoms with E-state index in [1.807, 2.05) is 34.9 Å². The number of nitrogen functional groups attached to an aromatic ring is 1. The molecule has 2 aliphatic rings. The number of aromatic nitrogens is 4. The molecule has 0 spiro atoms. The van der Waals surface area contributed by atoms with E-state index in [0.29, 0.717) is 29.9 Å². The van der Waals surface area contributed by atoms with Crippen molar-refractivity contribution < 1.29 is 14.3 Å². The van der Waals surface area contributed by atoms with E-state index in [-0.39, 0.29) is 31.1 Å². The number of cyclic esters (lactones) is 1. The standard InChI is InChI=1S/C18H18N6O3/c19-16-15-17(21-9-20-16)24(10-22-15)14-6-12-13(27-14)8-26-18(25)23(12)7-11-4-2-1-3-5-11/h1-5,9-10,12-14H,6-8H2,(H2,19,20,21)/t12-,13-,14-/m1/s1. The van der Waals surface area contributed by atoms with Crippen molar-refractivity contribution in [2.75, 3.05) is 12.3 Å². The van der Waals surface area contributed by atoms with E-state index in [9.17, 15) is 4.79 Å². The Kier molecular flexibility index (Phi) is 3.68. The highest BCUT2D eigenvalue weighted by atomic mass is 16.6. The number of carbonyl (C=O) groups is 1. The van der Waals surface area contributed by atoms with E-state index < -0.39 is 0 Å². The van der Waals surface area contributed by atoms with Crippen molar-refractivity contribution in [3.05, 3.63) is 48.5 Å². The fourth-order valence-electron chi connectivity index (χ4n) is 3.78. The molecule has 4 heterocycles. The first-order valence-electron chi connectivity index (χ1n) is 8.76. The number of ether oxygens (including phenoxy) is 2. The molecule has 2 aliphatic heterocycles. The first-order chi connectivity index (χ1) is 13.2. The number of hydrogen-bond donors (Lipinski definition) is 1. The summed E-state index contributed by atoms with van der Waals surface area (Å²) in [5, 5.41) is 0. The Labute approximate surface area is 154 Å². The summed E-state index contributed by atoms with van der Waals surface area (Å²) in [5.41, 5.74) is 8.08. The van der Waals surface area contributed by atoms with Crippen LogP contribution in [0.3, 0.4) is 0 Å². The van der Waals surface area contributed by atoms with Gasteiger partial charge >= 0.3 is 6.09 Å². The van der Waals surface area contributed by atoms with E-state index >= 15 is 0 Å². The van der Waals surface area contributed by atoms with Crippen molar-refractivity contribution in [3.63, 3.8) is 0 Å². The summed E-state index contributed by atoms with van der Waals surface area (Å²) in [6.07, 6.45) is 2.88. The zero-order valence-electron chi connectivity index (χ0n) is 14.4. The van der Waals surface area contributed by atoms with Gasteiger partial charge in [0.25, 0.3) is 0 Å². The van der Waals surface area contributed by atoms with E-state index in [0.717, 1.165) is 5.56 Å². The first kappa shape index (κ1) is 16.0. The molecule has 9 nitrogen and oxygen atoms in total. The number of nitrogens with two attached hydrogens (primary N) is 1. The summed E-state index contributed by atoms with van der Waals surface area (Å²) in [6.45, 7) is 0.728. The molecule has 1 aromatic carbocycles. The largest absolute Gasteiger partial charge is 0.447 e. The maximum atomic E-state index is 12.4. The Balaban J connectivity index is 1.43. The van der Waals surface area contributed by atoms with Crippen LogP contribution in [0.5, 0.6) is 0 Å². The fourth-order valence-corrected chi connectivity index (χ4v) is 3.78. The van der Waals surface area contributed by atoms with Gasteiger partial charge in [-0.3, -0.25) is 9.47 Å². The van der Waals surface area contributed by atoms with Crippen molar-refractivity contribution in [3.8, 4) is 0 Å². The second kappa shape index (κ2) is 6.20. The molecular formula is C18H18N6O3. The predicted octanol–water partition coefficient (Wildman–Crippen LogP) is 1.72. The number of anilines is 1. The van der Waals surface area contributed by atoms with Gasteiger partial charge in [-0.25, -0.2) is 19.7 Å². The van der Waals surface area contributed by atoms with Gasteiger partial charge in [0, 0.05) is 13.0 Å². The van der Waals surface area contributed by atoms with Gasteiger partial charge in [0.15, 0.2) is 11.5 Å². The molecule has 3 aromatic rings. The molecule has 0 bridgehead atoms. The number of fused-ring (bicyclic) bond motifs is 2. The van der Waals surface area contributed by atoms with Gasteiger partial charge < -0.3 is 15.2 Å².